The van der Waals surface area contributed by atoms with Gasteiger partial charge in [0.05, 0.1) is 13.2 Å². The predicted molar refractivity (Wildman–Crippen MR) is 126 cm³/mol. The summed E-state index contributed by atoms with van der Waals surface area (Å²) >= 11 is 0. The van der Waals surface area contributed by atoms with Gasteiger partial charge in [0.15, 0.2) is 0 Å². The van der Waals surface area contributed by atoms with Crippen LogP contribution in [0.2, 0.25) is 0 Å². The number of rotatable bonds is 5. The molecule has 6 heteroatoms. The van der Waals surface area contributed by atoms with Crippen LogP contribution >= 0.6 is 0 Å². The standard InChI is InChI=1S/C28H39NO5/c1-2-4-26(31-14-11-29-9-12-30-13-10-29)25(3-1)22-5-7-27(8-6-22)32-28(34-33-27)23-16-20-15-21(18-23)19-24(28)17-20/h1-4,20-24H,5-19H2/t20?,21?,22-,23?,24?,27+,28-. The number of para-hydroxylation sites is 1. The van der Waals surface area contributed by atoms with Crippen LogP contribution in [0.4, 0.5) is 0 Å². The molecule has 2 heterocycles. The first-order chi connectivity index (χ1) is 16.7. The fourth-order valence-corrected chi connectivity index (χ4v) is 8.22. The van der Waals surface area contributed by atoms with Crippen LogP contribution < -0.4 is 4.74 Å². The number of benzene rings is 1. The molecule has 0 atom stereocenters. The highest BCUT2D eigenvalue weighted by Gasteiger charge is 2.66. The molecule has 0 aromatic heterocycles. The second kappa shape index (κ2) is 8.74. The Morgan fingerprint density at radius 1 is 0.882 bits per heavy atom. The molecule has 2 aliphatic heterocycles. The van der Waals surface area contributed by atoms with Crippen LogP contribution in [-0.2, 0) is 19.2 Å². The summed E-state index contributed by atoms with van der Waals surface area (Å²) in [4.78, 5) is 14.8. The SMILES string of the molecule is c1ccc([C@H]2CC[C@]3(CC2)OO[C@]2(O3)C3CC4CC(C3)CC2C4)c(OCCN2CCOCC2)c1. The summed E-state index contributed by atoms with van der Waals surface area (Å²) < 4.78 is 18.7. The van der Waals surface area contributed by atoms with Crippen molar-refractivity contribution in [3.8, 4) is 5.75 Å². The van der Waals surface area contributed by atoms with Crippen molar-refractivity contribution in [1.29, 1.82) is 0 Å². The van der Waals surface area contributed by atoms with Gasteiger partial charge in [-0.25, -0.2) is 0 Å². The van der Waals surface area contributed by atoms with E-state index in [1.807, 2.05) is 0 Å². The molecule has 6 nitrogen and oxygen atoms in total. The van der Waals surface area contributed by atoms with E-state index in [1.54, 1.807) is 0 Å². The van der Waals surface area contributed by atoms with Gasteiger partial charge in [0.1, 0.15) is 12.4 Å². The molecule has 7 aliphatic rings. The topological polar surface area (TPSA) is 49.4 Å². The molecule has 0 radical (unpaired) electrons. The van der Waals surface area contributed by atoms with E-state index in [9.17, 15) is 0 Å². The normalized spacial score (nSPS) is 43.7. The second-order valence-corrected chi connectivity index (χ2v) is 11.8. The van der Waals surface area contributed by atoms with Crippen molar-refractivity contribution in [2.75, 3.05) is 39.5 Å². The first kappa shape index (κ1) is 22.1. The first-order valence-electron chi connectivity index (χ1n) is 13.8. The van der Waals surface area contributed by atoms with E-state index in [0.717, 1.165) is 82.7 Å². The second-order valence-electron chi connectivity index (χ2n) is 11.8. The summed E-state index contributed by atoms with van der Waals surface area (Å²) in [5.74, 6) is 3.37. The van der Waals surface area contributed by atoms with Crippen molar-refractivity contribution in [2.24, 2.45) is 23.7 Å². The highest BCUT2D eigenvalue weighted by Crippen LogP contribution is 2.64. The van der Waals surface area contributed by atoms with Crippen LogP contribution in [0.15, 0.2) is 24.3 Å². The van der Waals surface area contributed by atoms with Crippen molar-refractivity contribution < 1.29 is 24.0 Å². The minimum atomic E-state index is -0.544. The number of hydrogen-bond acceptors (Lipinski definition) is 6. The quantitative estimate of drug-likeness (QED) is 0.573. The maximum Gasteiger partial charge on any atom is 0.210 e. The third kappa shape index (κ3) is 3.81. The Labute approximate surface area is 203 Å². The van der Waals surface area contributed by atoms with E-state index in [0.29, 0.717) is 17.8 Å². The Morgan fingerprint density at radius 3 is 2.32 bits per heavy atom. The third-order valence-corrected chi connectivity index (χ3v) is 9.82. The lowest BCUT2D eigenvalue weighted by atomic mass is 9.53. The molecule has 2 spiro atoms. The molecule has 1 aromatic carbocycles. The van der Waals surface area contributed by atoms with Gasteiger partial charge in [0, 0.05) is 44.3 Å². The lowest BCUT2D eigenvalue weighted by molar-refractivity contribution is -0.390. The largest absolute Gasteiger partial charge is 0.492 e. The van der Waals surface area contributed by atoms with Gasteiger partial charge in [-0.1, -0.05) is 18.2 Å². The van der Waals surface area contributed by atoms with Crippen LogP contribution in [0.1, 0.15) is 69.3 Å². The molecule has 0 amide bonds. The van der Waals surface area contributed by atoms with E-state index < -0.39 is 11.6 Å². The molecule has 5 aliphatic carbocycles. The Balaban J connectivity index is 0.985. The maximum atomic E-state index is 6.91. The molecule has 2 saturated heterocycles. The first-order valence-corrected chi connectivity index (χ1v) is 13.8. The number of morpholine rings is 1. The van der Waals surface area contributed by atoms with Gasteiger partial charge in [-0.05, 0) is 74.3 Å². The number of ether oxygens (including phenoxy) is 3. The van der Waals surface area contributed by atoms with Gasteiger partial charge in [0.2, 0.25) is 11.6 Å². The summed E-state index contributed by atoms with van der Waals surface area (Å²) in [7, 11) is 0. The van der Waals surface area contributed by atoms with Gasteiger partial charge >= 0.3 is 0 Å². The molecular formula is C28H39NO5. The zero-order valence-electron chi connectivity index (χ0n) is 20.3. The average Bonchev–Trinajstić information content (AvgIpc) is 3.24. The summed E-state index contributed by atoms with van der Waals surface area (Å²) in [6.45, 7) is 5.35. The maximum absolute atomic E-state index is 6.91. The van der Waals surface area contributed by atoms with Crippen molar-refractivity contribution >= 4 is 0 Å². The molecule has 4 bridgehead atoms. The van der Waals surface area contributed by atoms with E-state index in [2.05, 4.69) is 29.2 Å². The van der Waals surface area contributed by atoms with E-state index in [-0.39, 0.29) is 0 Å². The number of hydrogen-bond donors (Lipinski definition) is 0. The molecule has 8 rings (SSSR count). The lowest BCUT2D eigenvalue weighted by Crippen LogP contribution is -2.59. The zero-order valence-corrected chi connectivity index (χ0v) is 20.3. The van der Waals surface area contributed by atoms with Crippen molar-refractivity contribution in [1.82, 2.24) is 4.90 Å². The van der Waals surface area contributed by atoms with Gasteiger partial charge in [-0.3, -0.25) is 4.90 Å². The Morgan fingerprint density at radius 2 is 1.59 bits per heavy atom. The molecule has 34 heavy (non-hydrogen) atoms. The minimum Gasteiger partial charge on any atom is -0.492 e. The van der Waals surface area contributed by atoms with E-state index >= 15 is 0 Å². The van der Waals surface area contributed by atoms with Crippen molar-refractivity contribution in [3.63, 3.8) is 0 Å². The summed E-state index contributed by atoms with van der Waals surface area (Å²) in [5, 5.41) is 0. The highest BCUT2D eigenvalue weighted by molar-refractivity contribution is 5.36. The van der Waals surface area contributed by atoms with Gasteiger partial charge in [0.25, 0.3) is 0 Å². The average molecular weight is 470 g/mol. The fraction of sp³-hybridized carbons (Fsp3) is 0.786. The van der Waals surface area contributed by atoms with Crippen LogP contribution in [-0.4, -0.2) is 55.9 Å². The Kier molecular flexibility index (Phi) is 5.67. The third-order valence-electron chi connectivity index (χ3n) is 9.82. The smallest absolute Gasteiger partial charge is 0.210 e. The van der Waals surface area contributed by atoms with Gasteiger partial charge < -0.3 is 14.2 Å². The van der Waals surface area contributed by atoms with Crippen molar-refractivity contribution in [3.05, 3.63) is 29.8 Å². The van der Waals surface area contributed by atoms with Crippen LogP contribution in [0.3, 0.4) is 0 Å². The number of nitrogens with zero attached hydrogens (tertiary/aromatic N) is 1. The van der Waals surface area contributed by atoms with Crippen LogP contribution in [0.25, 0.3) is 0 Å². The summed E-state index contributed by atoms with van der Waals surface area (Å²) in [6.07, 6.45) is 10.4. The summed E-state index contributed by atoms with van der Waals surface area (Å²) in [5.41, 5.74) is 1.34. The molecule has 186 valence electrons. The molecule has 1 aromatic rings. The molecule has 7 fully saturated rings. The molecular weight excluding hydrogens is 430 g/mol. The van der Waals surface area contributed by atoms with Gasteiger partial charge in [-0.2, -0.15) is 9.78 Å². The minimum absolute atomic E-state index is 0.458. The highest BCUT2D eigenvalue weighted by atomic mass is 17.3. The van der Waals surface area contributed by atoms with Gasteiger partial charge in [-0.15, -0.1) is 0 Å². The molecule has 0 unspecified atom stereocenters. The van der Waals surface area contributed by atoms with Crippen molar-refractivity contribution in [2.45, 2.75) is 75.3 Å². The Bertz CT molecular complexity index is 847. The van der Waals surface area contributed by atoms with Crippen LogP contribution in [0, 0.1) is 23.7 Å². The predicted octanol–water partition coefficient (Wildman–Crippen LogP) is 4.88. The Hall–Kier alpha value is -1.18. The molecule has 5 saturated carbocycles. The zero-order chi connectivity index (χ0) is 22.6. The van der Waals surface area contributed by atoms with E-state index in [1.165, 1.54) is 37.7 Å². The van der Waals surface area contributed by atoms with E-state index in [4.69, 9.17) is 24.0 Å². The lowest BCUT2D eigenvalue weighted by Gasteiger charge is -2.57. The summed E-state index contributed by atoms with van der Waals surface area (Å²) in [6, 6.07) is 8.61. The fourth-order valence-electron chi connectivity index (χ4n) is 8.22. The van der Waals surface area contributed by atoms with Crippen LogP contribution in [0.5, 0.6) is 5.75 Å². The molecule has 0 N–H and O–H groups in total. The monoisotopic (exact) mass is 469 g/mol.